The van der Waals surface area contributed by atoms with Crippen LogP contribution in [0.2, 0.25) is 0 Å². The minimum absolute atomic E-state index is 0.956. The highest BCUT2D eigenvalue weighted by atomic mass is 14.9. The predicted octanol–water partition coefficient (Wildman–Crippen LogP) is 3.96. The van der Waals surface area contributed by atoms with Gasteiger partial charge in [0.05, 0.1) is 11.0 Å². The molecule has 0 spiro atoms. The molecule has 0 saturated heterocycles. The van der Waals surface area contributed by atoms with Crippen LogP contribution in [0, 0.1) is 13.8 Å². The van der Waals surface area contributed by atoms with Crippen molar-refractivity contribution < 1.29 is 0 Å². The summed E-state index contributed by atoms with van der Waals surface area (Å²) in [6.45, 7) is 4.24. The fourth-order valence-electron chi connectivity index (χ4n) is 2.43. The summed E-state index contributed by atoms with van der Waals surface area (Å²) in [4.78, 5) is 8.05. The Morgan fingerprint density at radius 3 is 2.63 bits per heavy atom. The Morgan fingerprint density at radius 2 is 1.79 bits per heavy atom. The number of nitrogens with one attached hydrogen (secondary N) is 1. The molecule has 2 heteroatoms. The Morgan fingerprint density at radius 1 is 0.947 bits per heavy atom. The fourth-order valence-corrected chi connectivity index (χ4v) is 2.43. The first-order valence-electron chi connectivity index (χ1n) is 6.71. The molecule has 0 amide bonds. The van der Waals surface area contributed by atoms with Crippen LogP contribution >= 0.6 is 0 Å². The number of H-pyrrole nitrogens is 1. The SMILES string of the molecule is Cc1cccc(CCc2nc3ccc(C)cc3[nH]2)c1. The lowest BCUT2D eigenvalue weighted by Gasteiger charge is -2.00. The van der Waals surface area contributed by atoms with Gasteiger partial charge in [-0.1, -0.05) is 35.9 Å². The number of imidazole rings is 1. The summed E-state index contributed by atoms with van der Waals surface area (Å²) in [5.74, 6) is 1.07. The van der Waals surface area contributed by atoms with Crippen LogP contribution in [0.5, 0.6) is 0 Å². The second-order valence-electron chi connectivity index (χ2n) is 5.19. The lowest BCUT2D eigenvalue weighted by molar-refractivity contribution is 0.889. The molecule has 0 aliphatic rings. The van der Waals surface area contributed by atoms with Crippen LogP contribution in [0.3, 0.4) is 0 Å². The number of benzene rings is 2. The molecule has 3 rings (SSSR count). The first kappa shape index (κ1) is 12.0. The summed E-state index contributed by atoms with van der Waals surface area (Å²) in [7, 11) is 0. The second-order valence-corrected chi connectivity index (χ2v) is 5.19. The number of hydrogen-bond donors (Lipinski definition) is 1. The Labute approximate surface area is 113 Å². The van der Waals surface area contributed by atoms with Crippen LogP contribution in [0.4, 0.5) is 0 Å². The summed E-state index contributed by atoms with van der Waals surface area (Å²) in [6.07, 6.45) is 1.98. The molecule has 0 aliphatic carbocycles. The van der Waals surface area contributed by atoms with E-state index in [4.69, 9.17) is 0 Å². The monoisotopic (exact) mass is 250 g/mol. The summed E-state index contributed by atoms with van der Waals surface area (Å²) in [6, 6.07) is 15.0. The zero-order valence-corrected chi connectivity index (χ0v) is 11.4. The molecule has 0 aliphatic heterocycles. The van der Waals surface area contributed by atoms with Crippen molar-refractivity contribution in [3.05, 3.63) is 65.0 Å². The Bertz CT molecular complexity index is 710. The maximum Gasteiger partial charge on any atom is 0.107 e. The normalized spacial score (nSPS) is 11.1. The number of aryl methyl sites for hydroxylation is 4. The van der Waals surface area contributed by atoms with Crippen LogP contribution in [0.15, 0.2) is 42.5 Å². The summed E-state index contributed by atoms with van der Waals surface area (Å²) in [5, 5.41) is 0. The van der Waals surface area contributed by atoms with Gasteiger partial charge >= 0.3 is 0 Å². The van der Waals surface area contributed by atoms with Crippen LogP contribution in [0.25, 0.3) is 11.0 Å². The van der Waals surface area contributed by atoms with Gasteiger partial charge in [-0.05, 0) is 43.5 Å². The van der Waals surface area contributed by atoms with Gasteiger partial charge in [-0.25, -0.2) is 4.98 Å². The third-order valence-electron chi connectivity index (χ3n) is 3.42. The van der Waals surface area contributed by atoms with E-state index in [1.165, 1.54) is 16.7 Å². The first-order chi connectivity index (χ1) is 9.20. The van der Waals surface area contributed by atoms with Gasteiger partial charge in [0.15, 0.2) is 0 Å². The molecule has 3 aromatic rings. The Kier molecular flexibility index (Phi) is 3.08. The summed E-state index contributed by atoms with van der Waals surface area (Å²) >= 11 is 0. The van der Waals surface area contributed by atoms with Crippen molar-refractivity contribution in [1.29, 1.82) is 0 Å². The smallest absolute Gasteiger partial charge is 0.107 e. The van der Waals surface area contributed by atoms with E-state index in [0.717, 1.165) is 29.7 Å². The van der Waals surface area contributed by atoms with Crippen LogP contribution < -0.4 is 0 Å². The van der Waals surface area contributed by atoms with Gasteiger partial charge in [-0.2, -0.15) is 0 Å². The van der Waals surface area contributed by atoms with Crippen LogP contribution in [0.1, 0.15) is 22.5 Å². The summed E-state index contributed by atoms with van der Waals surface area (Å²) < 4.78 is 0. The molecule has 2 aromatic carbocycles. The molecular weight excluding hydrogens is 232 g/mol. The molecule has 2 nitrogen and oxygen atoms in total. The van der Waals surface area contributed by atoms with Crippen molar-refractivity contribution in [3.63, 3.8) is 0 Å². The molecule has 0 radical (unpaired) electrons. The van der Waals surface area contributed by atoms with Gasteiger partial charge in [0.1, 0.15) is 5.82 Å². The van der Waals surface area contributed by atoms with E-state index in [1.807, 2.05) is 0 Å². The van der Waals surface area contributed by atoms with Crippen molar-refractivity contribution in [1.82, 2.24) is 9.97 Å². The highest BCUT2D eigenvalue weighted by Gasteiger charge is 2.03. The largest absolute Gasteiger partial charge is 0.342 e. The minimum atomic E-state index is 0.956. The zero-order valence-electron chi connectivity index (χ0n) is 11.4. The molecule has 0 bridgehead atoms. The average molecular weight is 250 g/mol. The molecule has 0 atom stereocenters. The lowest BCUT2D eigenvalue weighted by atomic mass is 10.1. The molecular formula is C17H18N2. The highest BCUT2D eigenvalue weighted by Crippen LogP contribution is 2.15. The molecule has 96 valence electrons. The van der Waals surface area contributed by atoms with Gasteiger partial charge in [-0.3, -0.25) is 0 Å². The van der Waals surface area contributed by atoms with E-state index in [-0.39, 0.29) is 0 Å². The van der Waals surface area contributed by atoms with Crippen molar-refractivity contribution in [3.8, 4) is 0 Å². The topological polar surface area (TPSA) is 28.7 Å². The number of fused-ring (bicyclic) bond motifs is 1. The molecule has 0 saturated carbocycles. The van der Waals surface area contributed by atoms with Gasteiger partial charge in [0.25, 0.3) is 0 Å². The Hall–Kier alpha value is -2.09. The zero-order chi connectivity index (χ0) is 13.2. The van der Waals surface area contributed by atoms with Gasteiger partial charge in [0, 0.05) is 6.42 Å². The third kappa shape index (κ3) is 2.68. The van der Waals surface area contributed by atoms with E-state index in [1.54, 1.807) is 0 Å². The molecule has 19 heavy (non-hydrogen) atoms. The van der Waals surface area contributed by atoms with E-state index < -0.39 is 0 Å². The first-order valence-corrected chi connectivity index (χ1v) is 6.71. The molecule has 1 heterocycles. The maximum absolute atomic E-state index is 4.64. The van der Waals surface area contributed by atoms with E-state index >= 15 is 0 Å². The van der Waals surface area contributed by atoms with Gasteiger partial charge < -0.3 is 4.98 Å². The van der Waals surface area contributed by atoms with Crippen molar-refractivity contribution in [2.75, 3.05) is 0 Å². The number of rotatable bonds is 3. The molecule has 1 N–H and O–H groups in total. The fraction of sp³-hybridized carbons (Fsp3) is 0.235. The summed E-state index contributed by atoms with van der Waals surface area (Å²) in [5.41, 5.74) is 6.15. The third-order valence-corrected chi connectivity index (χ3v) is 3.42. The molecule has 0 fully saturated rings. The van der Waals surface area contributed by atoms with Crippen molar-refractivity contribution >= 4 is 11.0 Å². The van der Waals surface area contributed by atoms with Gasteiger partial charge in [0.2, 0.25) is 0 Å². The van der Waals surface area contributed by atoms with Crippen LogP contribution in [-0.4, -0.2) is 9.97 Å². The standard InChI is InChI=1S/C17H18N2/c1-12-4-3-5-14(10-12)7-9-17-18-15-8-6-13(2)11-16(15)19-17/h3-6,8,10-11H,7,9H2,1-2H3,(H,18,19). The minimum Gasteiger partial charge on any atom is -0.342 e. The lowest BCUT2D eigenvalue weighted by Crippen LogP contribution is -1.93. The van der Waals surface area contributed by atoms with Crippen molar-refractivity contribution in [2.45, 2.75) is 26.7 Å². The van der Waals surface area contributed by atoms with E-state index in [2.05, 4.69) is 66.3 Å². The van der Waals surface area contributed by atoms with Crippen molar-refractivity contribution in [2.24, 2.45) is 0 Å². The predicted molar refractivity (Wildman–Crippen MR) is 79.4 cm³/mol. The number of nitrogens with zero attached hydrogens (tertiary/aromatic N) is 1. The number of aromatic amines is 1. The number of hydrogen-bond acceptors (Lipinski definition) is 1. The van der Waals surface area contributed by atoms with Gasteiger partial charge in [-0.15, -0.1) is 0 Å². The van der Waals surface area contributed by atoms with E-state index in [9.17, 15) is 0 Å². The Balaban J connectivity index is 1.78. The number of aromatic nitrogens is 2. The highest BCUT2D eigenvalue weighted by molar-refractivity contribution is 5.75. The maximum atomic E-state index is 4.64. The van der Waals surface area contributed by atoms with Crippen LogP contribution in [-0.2, 0) is 12.8 Å². The molecule has 1 aromatic heterocycles. The quantitative estimate of drug-likeness (QED) is 0.748. The van der Waals surface area contributed by atoms with E-state index in [0.29, 0.717) is 0 Å². The molecule has 0 unspecified atom stereocenters. The average Bonchev–Trinajstić information content (AvgIpc) is 2.78. The second kappa shape index (κ2) is 4.88.